The van der Waals surface area contributed by atoms with Crippen LogP contribution in [-0.4, -0.2) is 44.5 Å². The van der Waals surface area contributed by atoms with Crippen LogP contribution >= 0.6 is 11.3 Å². The first-order valence-electron chi connectivity index (χ1n) is 7.40. The predicted molar refractivity (Wildman–Crippen MR) is 91.4 cm³/mol. The minimum absolute atomic E-state index is 0.221. The summed E-state index contributed by atoms with van der Waals surface area (Å²) in [6, 6.07) is 3.71. The number of aromatic nitrogens is 3. The van der Waals surface area contributed by atoms with E-state index in [1.165, 1.54) is 11.3 Å². The summed E-state index contributed by atoms with van der Waals surface area (Å²) in [6.45, 7) is 0.536. The molecule has 1 atom stereocenters. The van der Waals surface area contributed by atoms with Crippen molar-refractivity contribution in [1.82, 2.24) is 20.1 Å². The molecule has 1 amide bonds. The first-order chi connectivity index (χ1) is 11.9. The van der Waals surface area contributed by atoms with Gasteiger partial charge in [0.25, 0.3) is 5.91 Å². The summed E-state index contributed by atoms with van der Waals surface area (Å²) >= 11 is 1.46. The molecule has 0 aromatic carbocycles. The number of carboxylic acids is 1. The molecule has 3 heterocycles. The summed E-state index contributed by atoms with van der Waals surface area (Å²) in [5.74, 6) is -2.10. The van der Waals surface area contributed by atoms with Crippen molar-refractivity contribution >= 4 is 34.2 Å². The van der Waals surface area contributed by atoms with Gasteiger partial charge in [0.1, 0.15) is 6.67 Å². The summed E-state index contributed by atoms with van der Waals surface area (Å²) < 4.78 is 14.4. The van der Waals surface area contributed by atoms with Gasteiger partial charge in [0.05, 0.1) is 27.2 Å². The fourth-order valence-electron chi connectivity index (χ4n) is 2.58. The van der Waals surface area contributed by atoms with Gasteiger partial charge in [-0.15, -0.1) is 11.3 Å². The Kier molecular flexibility index (Phi) is 4.49. The van der Waals surface area contributed by atoms with Gasteiger partial charge in [0.15, 0.2) is 11.7 Å². The Morgan fingerprint density at radius 2 is 2.24 bits per heavy atom. The van der Waals surface area contributed by atoms with E-state index in [0.29, 0.717) is 22.4 Å². The zero-order chi connectivity index (χ0) is 18.1. The Hall–Kier alpha value is -2.81. The lowest BCUT2D eigenvalue weighted by Crippen LogP contribution is -2.42. The molecule has 0 bridgehead atoms. The largest absolute Gasteiger partial charge is 0.480 e. The van der Waals surface area contributed by atoms with E-state index in [0.717, 1.165) is 4.88 Å². The molecule has 0 radical (unpaired) electrons. The number of aryl methyl sites for hydroxylation is 2. The number of pyridine rings is 1. The fourth-order valence-corrected chi connectivity index (χ4v) is 3.26. The van der Waals surface area contributed by atoms with Crippen LogP contribution in [0.25, 0.3) is 21.6 Å². The molecule has 9 heteroatoms. The van der Waals surface area contributed by atoms with Crippen LogP contribution in [0.15, 0.2) is 23.6 Å². The zero-order valence-electron chi connectivity index (χ0n) is 13.5. The molecule has 3 aromatic heterocycles. The molecule has 0 saturated heterocycles. The summed E-state index contributed by atoms with van der Waals surface area (Å²) in [5.41, 5.74) is 1.88. The van der Waals surface area contributed by atoms with Crippen LogP contribution in [-0.2, 0) is 11.8 Å². The number of hydrogen-bond acceptors (Lipinski definition) is 5. The predicted octanol–water partition coefficient (Wildman–Crippen LogP) is 2.16. The standard InChI is InChI=1S/C16H15FN4O3S/c1-8-13-9(15(22)19-11(7-17)16(23)24)6-10(12-4-3-5-25-12)18-14(13)21(2)20-8/h3-6,11H,7H2,1-2H3,(H,19,22)(H,23,24). The van der Waals surface area contributed by atoms with E-state index in [9.17, 15) is 14.0 Å². The van der Waals surface area contributed by atoms with Crippen LogP contribution in [0.5, 0.6) is 0 Å². The molecule has 0 aliphatic carbocycles. The first kappa shape index (κ1) is 17.0. The summed E-state index contributed by atoms with van der Waals surface area (Å²) in [5, 5.41) is 17.9. The Morgan fingerprint density at radius 1 is 1.48 bits per heavy atom. The topological polar surface area (TPSA) is 97.1 Å². The average molecular weight is 362 g/mol. The van der Waals surface area contributed by atoms with Gasteiger partial charge in [-0.2, -0.15) is 5.10 Å². The van der Waals surface area contributed by atoms with E-state index in [1.807, 2.05) is 17.5 Å². The second-order valence-corrected chi connectivity index (χ2v) is 6.41. The molecule has 3 aromatic rings. The third-order valence-electron chi connectivity index (χ3n) is 3.74. The molecule has 0 fully saturated rings. The maximum atomic E-state index is 12.9. The quantitative estimate of drug-likeness (QED) is 0.725. The van der Waals surface area contributed by atoms with Gasteiger partial charge < -0.3 is 10.4 Å². The molecule has 25 heavy (non-hydrogen) atoms. The first-order valence-corrected chi connectivity index (χ1v) is 8.28. The highest BCUT2D eigenvalue weighted by atomic mass is 32.1. The second kappa shape index (κ2) is 6.60. The zero-order valence-corrected chi connectivity index (χ0v) is 14.3. The van der Waals surface area contributed by atoms with Crippen molar-refractivity contribution in [3.05, 3.63) is 34.8 Å². The molecule has 3 rings (SSSR count). The third-order valence-corrected chi connectivity index (χ3v) is 4.64. The molecule has 0 spiro atoms. The van der Waals surface area contributed by atoms with E-state index in [1.54, 1.807) is 24.7 Å². The van der Waals surface area contributed by atoms with Crippen molar-refractivity contribution in [2.45, 2.75) is 13.0 Å². The maximum Gasteiger partial charge on any atom is 0.328 e. The Balaban J connectivity index is 2.15. The van der Waals surface area contributed by atoms with Gasteiger partial charge in [0, 0.05) is 7.05 Å². The molecule has 2 N–H and O–H groups in total. The summed E-state index contributed by atoms with van der Waals surface area (Å²) in [6.07, 6.45) is 0. The number of thiophene rings is 1. The lowest BCUT2D eigenvalue weighted by atomic mass is 10.1. The number of alkyl halides is 1. The molecule has 1 unspecified atom stereocenters. The van der Waals surface area contributed by atoms with Gasteiger partial charge in [-0.3, -0.25) is 9.48 Å². The van der Waals surface area contributed by atoms with Crippen LogP contribution in [0.3, 0.4) is 0 Å². The number of aliphatic carboxylic acids is 1. The number of carbonyl (C=O) groups is 2. The number of rotatable bonds is 5. The van der Waals surface area contributed by atoms with Gasteiger partial charge >= 0.3 is 5.97 Å². The van der Waals surface area contributed by atoms with Crippen molar-refractivity contribution in [3.63, 3.8) is 0 Å². The minimum Gasteiger partial charge on any atom is -0.480 e. The van der Waals surface area contributed by atoms with Crippen molar-refractivity contribution in [2.24, 2.45) is 7.05 Å². The van der Waals surface area contributed by atoms with Crippen molar-refractivity contribution in [2.75, 3.05) is 6.67 Å². The van der Waals surface area contributed by atoms with E-state index < -0.39 is 24.6 Å². The number of fused-ring (bicyclic) bond motifs is 1. The van der Waals surface area contributed by atoms with Gasteiger partial charge in [-0.1, -0.05) is 6.07 Å². The van der Waals surface area contributed by atoms with Crippen LogP contribution in [0.2, 0.25) is 0 Å². The number of carboxylic acid groups (broad SMARTS) is 1. The lowest BCUT2D eigenvalue weighted by Gasteiger charge is -2.12. The van der Waals surface area contributed by atoms with Crippen molar-refractivity contribution in [1.29, 1.82) is 0 Å². The summed E-state index contributed by atoms with van der Waals surface area (Å²) in [7, 11) is 1.71. The smallest absolute Gasteiger partial charge is 0.328 e. The number of nitrogens with zero attached hydrogens (tertiary/aromatic N) is 3. The number of amides is 1. The number of hydrogen-bond donors (Lipinski definition) is 2. The molecule has 0 aliphatic heterocycles. The van der Waals surface area contributed by atoms with Crippen LogP contribution < -0.4 is 5.32 Å². The van der Waals surface area contributed by atoms with E-state index >= 15 is 0 Å². The number of nitrogens with one attached hydrogen (secondary N) is 1. The molecular weight excluding hydrogens is 347 g/mol. The second-order valence-electron chi connectivity index (χ2n) is 5.46. The SMILES string of the molecule is Cc1nn(C)c2nc(-c3cccs3)cc(C(=O)NC(CF)C(=O)O)c12. The lowest BCUT2D eigenvalue weighted by molar-refractivity contribution is -0.139. The van der Waals surface area contributed by atoms with Crippen LogP contribution in [0.1, 0.15) is 16.1 Å². The summed E-state index contributed by atoms with van der Waals surface area (Å²) in [4.78, 5) is 29.0. The number of carbonyl (C=O) groups excluding carboxylic acids is 1. The Morgan fingerprint density at radius 3 is 2.84 bits per heavy atom. The average Bonchev–Trinajstić information content (AvgIpc) is 3.20. The van der Waals surface area contributed by atoms with Crippen LogP contribution in [0.4, 0.5) is 4.39 Å². The molecule has 0 saturated carbocycles. The maximum absolute atomic E-state index is 12.9. The fraction of sp³-hybridized carbons (Fsp3) is 0.250. The molecular formula is C16H15FN4O3S. The highest BCUT2D eigenvalue weighted by Gasteiger charge is 2.24. The van der Waals surface area contributed by atoms with Gasteiger partial charge in [-0.25, -0.2) is 14.2 Å². The van der Waals surface area contributed by atoms with Gasteiger partial charge in [0.2, 0.25) is 0 Å². The minimum atomic E-state index is -1.60. The Bertz CT molecular complexity index is 952. The highest BCUT2D eigenvalue weighted by Crippen LogP contribution is 2.29. The number of halogens is 1. The highest BCUT2D eigenvalue weighted by molar-refractivity contribution is 7.13. The van der Waals surface area contributed by atoms with Crippen molar-refractivity contribution in [3.8, 4) is 10.6 Å². The van der Waals surface area contributed by atoms with E-state index in [4.69, 9.17) is 5.11 Å². The Labute approximate surface area is 146 Å². The van der Waals surface area contributed by atoms with E-state index in [2.05, 4.69) is 15.4 Å². The van der Waals surface area contributed by atoms with Crippen LogP contribution in [0, 0.1) is 6.92 Å². The van der Waals surface area contributed by atoms with E-state index in [-0.39, 0.29) is 5.56 Å². The van der Waals surface area contributed by atoms with Crippen molar-refractivity contribution < 1.29 is 19.1 Å². The molecule has 130 valence electrons. The third kappa shape index (κ3) is 3.10. The molecule has 7 nitrogen and oxygen atoms in total. The van der Waals surface area contributed by atoms with Gasteiger partial charge in [-0.05, 0) is 24.4 Å². The monoisotopic (exact) mass is 362 g/mol. The molecule has 0 aliphatic rings. The normalized spacial score (nSPS) is 12.3.